The fourth-order valence-electron chi connectivity index (χ4n) is 1.09. The summed E-state index contributed by atoms with van der Waals surface area (Å²) in [6.45, 7) is 1.77. The van der Waals surface area contributed by atoms with Gasteiger partial charge in [-0.15, -0.1) is 0 Å². The van der Waals surface area contributed by atoms with Crippen LogP contribution in [0.15, 0.2) is 4.99 Å². The fourth-order valence-corrected chi connectivity index (χ4v) is 1.78. The molecular formula is C8H13N3O2S. The van der Waals surface area contributed by atoms with Gasteiger partial charge < -0.3 is 10.2 Å². The van der Waals surface area contributed by atoms with Gasteiger partial charge in [-0.25, -0.2) is 0 Å². The summed E-state index contributed by atoms with van der Waals surface area (Å²) in [7, 11) is 3.35. The van der Waals surface area contributed by atoms with Crippen molar-refractivity contribution in [1.82, 2.24) is 10.2 Å². The molecule has 0 saturated heterocycles. The number of carbonyl (C=O) groups is 2. The molecule has 1 atom stereocenters. The first-order chi connectivity index (χ1) is 6.56. The smallest absolute Gasteiger partial charge is 0.306 e. The quantitative estimate of drug-likeness (QED) is 0.720. The van der Waals surface area contributed by atoms with Crippen LogP contribution in [0.4, 0.5) is 4.79 Å². The van der Waals surface area contributed by atoms with E-state index in [1.54, 1.807) is 25.9 Å². The van der Waals surface area contributed by atoms with Crippen LogP contribution in [0, 0.1) is 0 Å². The first kappa shape index (κ1) is 11.0. The van der Waals surface area contributed by atoms with Crippen LogP contribution in [0.2, 0.25) is 0 Å². The van der Waals surface area contributed by atoms with E-state index in [2.05, 4.69) is 10.3 Å². The second-order valence-corrected chi connectivity index (χ2v) is 3.91. The standard InChI is InChI=1S/C8H13N3O2S/c1-5(7(12)9-2)11(3)6-4-14-8(13)10-6/h5H,4H2,1-3H3,(H,9,12)/t5-/m0/s1. The number of carbonyl (C=O) groups excluding carboxylic acids is 2. The highest BCUT2D eigenvalue weighted by atomic mass is 32.2. The van der Waals surface area contributed by atoms with Crippen molar-refractivity contribution < 1.29 is 9.59 Å². The van der Waals surface area contributed by atoms with E-state index in [1.807, 2.05) is 0 Å². The molecule has 14 heavy (non-hydrogen) atoms. The maximum Gasteiger partial charge on any atom is 0.306 e. The Morgan fingerprint density at radius 3 is 2.79 bits per heavy atom. The number of likely N-dealkylation sites (N-methyl/N-ethyl adjacent to an activating group) is 2. The summed E-state index contributed by atoms with van der Waals surface area (Å²) in [6, 6.07) is -0.301. The first-order valence-electron chi connectivity index (χ1n) is 4.25. The summed E-state index contributed by atoms with van der Waals surface area (Å²) in [4.78, 5) is 27.7. The molecule has 0 fully saturated rings. The topological polar surface area (TPSA) is 61.8 Å². The molecule has 0 aromatic rings. The Morgan fingerprint density at radius 1 is 1.71 bits per heavy atom. The highest BCUT2D eigenvalue weighted by molar-refractivity contribution is 8.14. The summed E-state index contributed by atoms with van der Waals surface area (Å²) >= 11 is 1.15. The molecule has 1 aliphatic heterocycles. The SMILES string of the molecule is CNC(=O)[C@H](C)N(C)C1=NC(=O)SC1. The van der Waals surface area contributed by atoms with Gasteiger partial charge >= 0.3 is 5.24 Å². The van der Waals surface area contributed by atoms with Crippen LogP contribution in [-0.2, 0) is 4.79 Å². The summed E-state index contributed by atoms with van der Waals surface area (Å²) in [5.74, 6) is 1.13. The van der Waals surface area contributed by atoms with Crippen molar-refractivity contribution in [2.45, 2.75) is 13.0 Å². The van der Waals surface area contributed by atoms with Gasteiger partial charge in [-0.05, 0) is 6.92 Å². The predicted octanol–water partition coefficient (Wildman–Crippen LogP) is 0.318. The summed E-state index contributed by atoms with van der Waals surface area (Å²) in [5, 5.41) is 2.37. The fraction of sp³-hybridized carbons (Fsp3) is 0.625. The van der Waals surface area contributed by atoms with Gasteiger partial charge in [0.05, 0.1) is 5.75 Å². The Bertz CT molecular complexity index is 290. The van der Waals surface area contributed by atoms with Crippen molar-refractivity contribution in [2.24, 2.45) is 4.99 Å². The van der Waals surface area contributed by atoms with Crippen LogP contribution < -0.4 is 5.32 Å². The lowest BCUT2D eigenvalue weighted by molar-refractivity contribution is -0.123. The molecule has 0 aromatic carbocycles. The predicted molar refractivity (Wildman–Crippen MR) is 56.6 cm³/mol. The normalized spacial score (nSPS) is 17.6. The molecule has 1 heterocycles. The number of hydrogen-bond acceptors (Lipinski definition) is 4. The van der Waals surface area contributed by atoms with Gasteiger partial charge in [-0.1, -0.05) is 11.8 Å². The zero-order valence-corrected chi connectivity index (χ0v) is 9.22. The minimum absolute atomic E-state index is 0.0838. The average Bonchev–Trinajstić information content (AvgIpc) is 2.61. The van der Waals surface area contributed by atoms with E-state index in [1.165, 1.54) is 0 Å². The second-order valence-electron chi connectivity index (χ2n) is 2.98. The number of rotatable bonds is 2. The molecule has 1 N–H and O–H groups in total. The Labute approximate surface area is 86.9 Å². The van der Waals surface area contributed by atoms with E-state index in [4.69, 9.17) is 0 Å². The first-order valence-corrected chi connectivity index (χ1v) is 5.23. The molecule has 0 spiro atoms. The maximum absolute atomic E-state index is 11.3. The minimum Gasteiger partial charge on any atom is -0.357 e. The van der Waals surface area contributed by atoms with Crippen molar-refractivity contribution >= 4 is 28.7 Å². The van der Waals surface area contributed by atoms with E-state index < -0.39 is 0 Å². The van der Waals surface area contributed by atoms with Gasteiger partial charge in [0.25, 0.3) is 0 Å². The van der Waals surface area contributed by atoms with Crippen LogP contribution in [-0.4, -0.2) is 47.8 Å². The zero-order valence-electron chi connectivity index (χ0n) is 8.40. The molecule has 0 saturated carbocycles. The van der Waals surface area contributed by atoms with Crippen molar-refractivity contribution in [3.8, 4) is 0 Å². The molecule has 0 aromatic heterocycles. The monoisotopic (exact) mass is 215 g/mol. The van der Waals surface area contributed by atoms with E-state index in [9.17, 15) is 9.59 Å². The van der Waals surface area contributed by atoms with Gasteiger partial charge in [0, 0.05) is 14.1 Å². The van der Waals surface area contributed by atoms with Crippen LogP contribution in [0.25, 0.3) is 0 Å². The highest BCUT2D eigenvalue weighted by Gasteiger charge is 2.24. The van der Waals surface area contributed by atoms with Gasteiger partial charge in [-0.2, -0.15) is 4.99 Å². The van der Waals surface area contributed by atoms with Crippen molar-refractivity contribution in [2.75, 3.05) is 19.8 Å². The summed E-state index contributed by atoms with van der Waals surface area (Å²) < 4.78 is 0. The van der Waals surface area contributed by atoms with Crippen LogP contribution in [0.1, 0.15) is 6.92 Å². The van der Waals surface area contributed by atoms with E-state index in [0.717, 1.165) is 11.8 Å². The molecule has 0 unspecified atom stereocenters. The van der Waals surface area contributed by atoms with Gasteiger partial charge in [0.1, 0.15) is 11.9 Å². The van der Waals surface area contributed by atoms with Gasteiger partial charge in [0.15, 0.2) is 0 Å². The Kier molecular flexibility index (Phi) is 3.51. The lowest BCUT2D eigenvalue weighted by Gasteiger charge is -2.24. The lowest BCUT2D eigenvalue weighted by Crippen LogP contribution is -2.45. The highest BCUT2D eigenvalue weighted by Crippen LogP contribution is 2.16. The van der Waals surface area contributed by atoms with E-state index in [-0.39, 0.29) is 17.2 Å². The number of hydrogen-bond donors (Lipinski definition) is 1. The van der Waals surface area contributed by atoms with Gasteiger partial charge in [-0.3, -0.25) is 9.59 Å². The lowest BCUT2D eigenvalue weighted by atomic mass is 10.3. The zero-order chi connectivity index (χ0) is 10.7. The van der Waals surface area contributed by atoms with Crippen molar-refractivity contribution in [1.29, 1.82) is 0 Å². The largest absolute Gasteiger partial charge is 0.357 e. The Balaban J connectivity index is 2.65. The molecule has 0 bridgehead atoms. The third kappa shape index (κ3) is 2.25. The summed E-state index contributed by atoms with van der Waals surface area (Å²) in [6.07, 6.45) is 0. The van der Waals surface area contributed by atoms with E-state index in [0.29, 0.717) is 11.6 Å². The Morgan fingerprint density at radius 2 is 2.36 bits per heavy atom. The van der Waals surface area contributed by atoms with Crippen LogP contribution in [0.3, 0.4) is 0 Å². The average molecular weight is 215 g/mol. The maximum atomic E-state index is 11.3. The molecule has 2 amide bonds. The molecule has 1 aliphatic rings. The Hall–Kier alpha value is -1.04. The molecule has 6 heteroatoms. The molecule has 0 radical (unpaired) electrons. The summed E-state index contributed by atoms with van der Waals surface area (Å²) in [5.41, 5.74) is 0. The number of nitrogens with one attached hydrogen (secondary N) is 1. The number of thioether (sulfide) groups is 1. The molecule has 5 nitrogen and oxygen atoms in total. The molecule has 0 aliphatic carbocycles. The third-order valence-electron chi connectivity index (χ3n) is 2.16. The van der Waals surface area contributed by atoms with Crippen LogP contribution in [0.5, 0.6) is 0 Å². The molecule has 1 rings (SSSR count). The van der Waals surface area contributed by atoms with Gasteiger partial charge in [0.2, 0.25) is 5.91 Å². The van der Waals surface area contributed by atoms with Crippen molar-refractivity contribution in [3.63, 3.8) is 0 Å². The second kappa shape index (κ2) is 4.45. The number of amidine groups is 1. The minimum atomic E-state index is -0.301. The van der Waals surface area contributed by atoms with Crippen molar-refractivity contribution in [3.05, 3.63) is 0 Å². The third-order valence-corrected chi connectivity index (χ3v) is 2.90. The van der Waals surface area contributed by atoms with Crippen LogP contribution >= 0.6 is 11.8 Å². The van der Waals surface area contributed by atoms with E-state index >= 15 is 0 Å². The number of amides is 2. The molecular weight excluding hydrogens is 202 g/mol. The number of nitrogens with zero attached hydrogens (tertiary/aromatic N) is 2. The number of aliphatic imine (C=N–C) groups is 1. The molecule has 78 valence electrons.